The molecule has 192 valence electrons. The third-order valence-electron chi connectivity index (χ3n) is 6.00. The van der Waals surface area contributed by atoms with Gasteiger partial charge in [0.15, 0.2) is 5.60 Å². The van der Waals surface area contributed by atoms with Crippen molar-refractivity contribution in [2.24, 2.45) is 17.8 Å². The summed E-state index contributed by atoms with van der Waals surface area (Å²) in [4.78, 5) is 37.4. The summed E-state index contributed by atoms with van der Waals surface area (Å²) >= 11 is 5.73. The van der Waals surface area contributed by atoms with Crippen molar-refractivity contribution in [1.29, 1.82) is 5.26 Å². The lowest BCUT2D eigenvalue weighted by Gasteiger charge is -2.31. The van der Waals surface area contributed by atoms with Gasteiger partial charge in [-0.3, -0.25) is 14.4 Å². The molecule has 0 aromatic heterocycles. The van der Waals surface area contributed by atoms with E-state index in [4.69, 9.17) is 11.6 Å². The maximum absolute atomic E-state index is 13.8. The highest BCUT2D eigenvalue weighted by Gasteiger charge is 2.56. The molecule has 1 saturated heterocycles. The van der Waals surface area contributed by atoms with E-state index in [0.717, 1.165) is 12.1 Å². The summed E-state index contributed by atoms with van der Waals surface area (Å²) in [5.41, 5.74) is -3.98. The molecule has 1 aromatic rings. The van der Waals surface area contributed by atoms with Crippen LogP contribution in [0.25, 0.3) is 0 Å². The first-order valence-corrected chi connectivity index (χ1v) is 11.7. The molecule has 0 saturated carbocycles. The van der Waals surface area contributed by atoms with Crippen LogP contribution in [0.5, 0.6) is 0 Å². The van der Waals surface area contributed by atoms with Crippen LogP contribution in [0.1, 0.15) is 51.5 Å². The number of alkyl halides is 3. The highest BCUT2D eigenvalue weighted by molar-refractivity contribution is 6.30. The Bertz CT molecular complexity index is 962. The minimum atomic E-state index is -5.15. The normalized spacial score (nSPS) is 19.4. The molecule has 1 fully saturated rings. The van der Waals surface area contributed by atoms with Crippen LogP contribution in [0.2, 0.25) is 5.02 Å². The SMILES string of the molecule is CC(C)C[C@H](CC(=O)CC(O)(c1ccc(Cl)cc1)C(F)(F)F)C(=O)N[C@H](C#N)C[C@@H]1CCNC1=O. The van der Waals surface area contributed by atoms with E-state index >= 15 is 0 Å². The summed E-state index contributed by atoms with van der Waals surface area (Å²) in [6, 6.07) is 5.30. The molecular weight excluding hydrogens is 487 g/mol. The molecule has 35 heavy (non-hydrogen) atoms. The number of nitriles is 1. The van der Waals surface area contributed by atoms with Gasteiger partial charge in [0.2, 0.25) is 11.8 Å². The van der Waals surface area contributed by atoms with Crippen LogP contribution in [0.15, 0.2) is 24.3 Å². The smallest absolute Gasteiger partial charge is 0.376 e. The predicted octanol–water partition coefficient (Wildman–Crippen LogP) is 3.64. The van der Waals surface area contributed by atoms with Gasteiger partial charge < -0.3 is 15.7 Å². The first kappa shape index (κ1) is 28.6. The molecule has 4 atom stereocenters. The van der Waals surface area contributed by atoms with Gasteiger partial charge in [-0.05, 0) is 42.9 Å². The van der Waals surface area contributed by atoms with Crippen LogP contribution in [-0.4, -0.2) is 41.5 Å². The van der Waals surface area contributed by atoms with Crippen LogP contribution in [-0.2, 0) is 20.0 Å². The lowest BCUT2D eigenvalue weighted by atomic mass is 9.84. The van der Waals surface area contributed by atoms with Crippen LogP contribution >= 0.6 is 11.6 Å². The molecule has 0 radical (unpaired) electrons. The summed E-state index contributed by atoms with van der Waals surface area (Å²) in [5.74, 6) is -3.31. The zero-order valence-electron chi connectivity index (χ0n) is 19.5. The van der Waals surface area contributed by atoms with E-state index in [0.29, 0.717) is 13.0 Å². The van der Waals surface area contributed by atoms with Crippen LogP contribution in [0, 0.1) is 29.1 Å². The molecule has 1 aromatic carbocycles. The fourth-order valence-electron chi connectivity index (χ4n) is 4.16. The van der Waals surface area contributed by atoms with Gasteiger partial charge in [-0.2, -0.15) is 18.4 Å². The van der Waals surface area contributed by atoms with Gasteiger partial charge in [-0.15, -0.1) is 0 Å². The Labute approximate surface area is 207 Å². The van der Waals surface area contributed by atoms with E-state index in [-0.39, 0.29) is 29.7 Å². The second-order valence-electron chi connectivity index (χ2n) is 9.31. The van der Waals surface area contributed by atoms with Gasteiger partial charge in [0.05, 0.1) is 6.07 Å². The maximum Gasteiger partial charge on any atom is 0.421 e. The maximum atomic E-state index is 13.8. The fourth-order valence-corrected chi connectivity index (χ4v) is 4.29. The van der Waals surface area contributed by atoms with Crippen LogP contribution < -0.4 is 10.6 Å². The molecule has 7 nitrogen and oxygen atoms in total. The van der Waals surface area contributed by atoms with Gasteiger partial charge >= 0.3 is 6.18 Å². The zero-order chi connectivity index (χ0) is 26.4. The van der Waals surface area contributed by atoms with Crippen LogP contribution in [0.4, 0.5) is 13.2 Å². The van der Waals surface area contributed by atoms with E-state index in [9.17, 15) is 37.9 Å². The van der Waals surface area contributed by atoms with Gasteiger partial charge in [0.25, 0.3) is 0 Å². The van der Waals surface area contributed by atoms with Crippen molar-refractivity contribution in [3.8, 4) is 6.07 Å². The number of nitrogens with one attached hydrogen (secondary N) is 2. The fraction of sp³-hybridized carbons (Fsp3) is 0.583. The number of amides is 2. The minimum Gasteiger partial charge on any atom is -0.376 e. The zero-order valence-corrected chi connectivity index (χ0v) is 20.2. The average Bonchev–Trinajstić information content (AvgIpc) is 3.16. The lowest BCUT2D eigenvalue weighted by molar-refractivity contribution is -0.267. The van der Waals surface area contributed by atoms with E-state index in [2.05, 4.69) is 10.6 Å². The van der Waals surface area contributed by atoms with E-state index in [1.54, 1.807) is 13.8 Å². The molecule has 0 spiro atoms. The number of carbonyl (C=O) groups is 3. The van der Waals surface area contributed by atoms with Crippen molar-refractivity contribution in [2.45, 2.75) is 63.8 Å². The Balaban J connectivity index is 2.15. The van der Waals surface area contributed by atoms with Gasteiger partial charge in [0.1, 0.15) is 11.8 Å². The highest BCUT2D eigenvalue weighted by Crippen LogP contribution is 2.42. The molecule has 2 amide bonds. The minimum absolute atomic E-state index is 0.0718. The topological polar surface area (TPSA) is 119 Å². The number of ketones is 1. The number of benzene rings is 1. The number of nitrogens with zero attached hydrogens (tertiary/aromatic N) is 1. The number of rotatable bonds is 11. The summed E-state index contributed by atoms with van der Waals surface area (Å²) in [7, 11) is 0. The second kappa shape index (κ2) is 11.9. The number of halogens is 4. The van der Waals surface area contributed by atoms with Gasteiger partial charge in [-0.1, -0.05) is 37.6 Å². The largest absolute Gasteiger partial charge is 0.421 e. The second-order valence-corrected chi connectivity index (χ2v) is 9.75. The molecule has 1 aliphatic rings. The number of carbonyl (C=O) groups excluding carboxylic acids is 3. The lowest BCUT2D eigenvalue weighted by Crippen LogP contribution is -2.45. The molecule has 1 aliphatic heterocycles. The molecule has 1 heterocycles. The van der Waals surface area contributed by atoms with Crippen molar-refractivity contribution in [3.63, 3.8) is 0 Å². The number of aliphatic hydroxyl groups is 1. The van der Waals surface area contributed by atoms with Crippen molar-refractivity contribution in [1.82, 2.24) is 10.6 Å². The average molecular weight is 516 g/mol. The molecule has 0 bridgehead atoms. The molecular formula is C24H29ClF3N3O4. The van der Waals surface area contributed by atoms with E-state index in [1.165, 1.54) is 12.1 Å². The summed E-state index contributed by atoms with van der Waals surface area (Å²) in [6.45, 7) is 4.06. The first-order valence-electron chi connectivity index (χ1n) is 11.3. The van der Waals surface area contributed by atoms with Gasteiger partial charge in [0, 0.05) is 36.2 Å². The number of hydrogen-bond acceptors (Lipinski definition) is 5. The Morgan fingerprint density at radius 1 is 1.29 bits per heavy atom. The summed E-state index contributed by atoms with van der Waals surface area (Å²) < 4.78 is 41.5. The van der Waals surface area contributed by atoms with Crippen molar-refractivity contribution in [2.75, 3.05) is 6.54 Å². The molecule has 3 N–H and O–H groups in total. The molecule has 11 heteroatoms. The van der Waals surface area contributed by atoms with E-state index < -0.39 is 59.8 Å². The monoisotopic (exact) mass is 515 g/mol. The van der Waals surface area contributed by atoms with Gasteiger partial charge in [-0.25, -0.2) is 0 Å². The molecule has 2 rings (SSSR count). The van der Waals surface area contributed by atoms with Crippen LogP contribution in [0.3, 0.4) is 0 Å². The third-order valence-corrected chi connectivity index (χ3v) is 6.25. The third kappa shape index (κ3) is 7.67. The Hall–Kier alpha value is -2.64. The Morgan fingerprint density at radius 2 is 1.91 bits per heavy atom. The standard InChI is InChI=1S/C24H29ClF3N3O4/c1-14(2)9-16(22(34)31-19(13-29)10-15-7-8-30-21(15)33)11-20(32)12-23(35,24(26,27)28)17-3-5-18(25)6-4-17/h3-6,14-16,19,35H,7-12H2,1-2H3,(H,30,33)(H,31,34)/t15-,16+,19-,23?/m0/s1. The summed E-state index contributed by atoms with van der Waals surface area (Å²) in [6.07, 6.45) is -6.16. The van der Waals surface area contributed by atoms with Crippen molar-refractivity contribution >= 4 is 29.2 Å². The van der Waals surface area contributed by atoms with Crippen molar-refractivity contribution < 1.29 is 32.7 Å². The molecule has 0 aliphatic carbocycles. The predicted molar refractivity (Wildman–Crippen MR) is 122 cm³/mol. The van der Waals surface area contributed by atoms with Crippen molar-refractivity contribution in [3.05, 3.63) is 34.9 Å². The Morgan fingerprint density at radius 3 is 2.40 bits per heavy atom. The van der Waals surface area contributed by atoms with E-state index in [1.807, 2.05) is 6.07 Å². The quantitative estimate of drug-likeness (QED) is 0.416. The Kier molecular flexibility index (Phi) is 9.69. The first-order chi connectivity index (χ1) is 16.3. The molecule has 1 unspecified atom stereocenters. The number of hydrogen-bond donors (Lipinski definition) is 3. The number of Topliss-reactive ketones (excluding diaryl/α,β-unsaturated/α-hetero) is 1. The summed E-state index contributed by atoms with van der Waals surface area (Å²) in [5, 5.41) is 25.3. The highest BCUT2D eigenvalue weighted by atomic mass is 35.5.